The first kappa shape index (κ1) is 8.44. The number of rotatable bonds is 1. The molecular formula is C8H9ClN4. The van der Waals surface area contributed by atoms with E-state index in [1.54, 1.807) is 12.5 Å². The highest BCUT2D eigenvalue weighted by Crippen LogP contribution is 2.20. The number of halogens is 1. The van der Waals surface area contributed by atoms with Gasteiger partial charge >= 0.3 is 0 Å². The van der Waals surface area contributed by atoms with Crippen LogP contribution in [0.2, 0.25) is 5.15 Å². The fraction of sp³-hybridized carbons (Fsp3) is 0.375. The predicted octanol–water partition coefficient (Wildman–Crippen LogP) is 2.06. The zero-order valence-corrected chi connectivity index (χ0v) is 8.15. The van der Waals surface area contributed by atoms with Crippen molar-refractivity contribution in [2.45, 2.75) is 19.9 Å². The van der Waals surface area contributed by atoms with E-state index in [4.69, 9.17) is 11.6 Å². The lowest BCUT2D eigenvalue weighted by Crippen LogP contribution is -1.98. The zero-order chi connectivity index (χ0) is 9.42. The Morgan fingerprint density at radius 3 is 2.92 bits per heavy atom. The summed E-state index contributed by atoms with van der Waals surface area (Å²) in [5, 5.41) is 7.86. The summed E-state index contributed by atoms with van der Waals surface area (Å²) in [6, 6.07) is 0.352. The molecule has 0 aliphatic carbocycles. The molecule has 68 valence electrons. The third kappa shape index (κ3) is 1.27. The van der Waals surface area contributed by atoms with Gasteiger partial charge in [0.15, 0.2) is 5.15 Å². The van der Waals surface area contributed by atoms with Gasteiger partial charge in [-0.15, -0.1) is 5.10 Å². The third-order valence-electron chi connectivity index (χ3n) is 1.91. The molecule has 2 aromatic rings. The molecule has 0 amide bonds. The number of hydrogen-bond acceptors (Lipinski definition) is 3. The van der Waals surface area contributed by atoms with E-state index in [9.17, 15) is 0 Å². The van der Waals surface area contributed by atoms with E-state index < -0.39 is 0 Å². The van der Waals surface area contributed by atoms with E-state index >= 15 is 0 Å². The van der Waals surface area contributed by atoms with E-state index in [0.717, 1.165) is 5.52 Å². The number of hydrogen-bond donors (Lipinski definition) is 0. The lowest BCUT2D eigenvalue weighted by Gasteiger charge is -2.06. The average Bonchev–Trinajstić information content (AvgIpc) is 2.48. The fourth-order valence-corrected chi connectivity index (χ4v) is 1.44. The van der Waals surface area contributed by atoms with Gasteiger partial charge < -0.3 is 4.57 Å². The second kappa shape index (κ2) is 2.96. The molecule has 2 heterocycles. The highest BCUT2D eigenvalue weighted by molar-refractivity contribution is 6.33. The monoisotopic (exact) mass is 196 g/mol. The van der Waals surface area contributed by atoms with Crippen molar-refractivity contribution in [2.75, 3.05) is 0 Å². The molecule has 2 aromatic heterocycles. The third-order valence-corrected chi connectivity index (χ3v) is 2.16. The van der Waals surface area contributed by atoms with Gasteiger partial charge in [0.2, 0.25) is 0 Å². The fourth-order valence-electron chi connectivity index (χ4n) is 1.25. The van der Waals surface area contributed by atoms with Crippen LogP contribution in [0.15, 0.2) is 12.5 Å². The van der Waals surface area contributed by atoms with Gasteiger partial charge in [-0.2, -0.15) is 5.10 Å². The van der Waals surface area contributed by atoms with Gasteiger partial charge in [-0.3, -0.25) is 0 Å². The summed E-state index contributed by atoms with van der Waals surface area (Å²) in [6.45, 7) is 4.16. The quantitative estimate of drug-likeness (QED) is 0.701. The van der Waals surface area contributed by atoms with Gasteiger partial charge in [0.25, 0.3) is 0 Å². The summed E-state index contributed by atoms with van der Waals surface area (Å²) in [5.74, 6) is 0. The van der Waals surface area contributed by atoms with Gasteiger partial charge in [0.05, 0.1) is 18.0 Å². The van der Waals surface area contributed by atoms with E-state index in [1.165, 1.54) is 0 Å². The van der Waals surface area contributed by atoms with E-state index in [2.05, 4.69) is 29.0 Å². The second-order valence-electron chi connectivity index (χ2n) is 3.11. The molecule has 0 saturated carbocycles. The molecule has 0 fully saturated rings. The van der Waals surface area contributed by atoms with Crippen LogP contribution < -0.4 is 0 Å². The molecule has 13 heavy (non-hydrogen) atoms. The Kier molecular flexibility index (Phi) is 1.92. The van der Waals surface area contributed by atoms with Crippen LogP contribution in [-0.2, 0) is 0 Å². The normalized spacial score (nSPS) is 11.4. The molecule has 0 bridgehead atoms. The molecule has 0 spiro atoms. The lowest BCUT2D eigenvalue weighted by molar-refractivity contribution is 0.616. The first-order chi connectivity index (χ1) is 6.20. The molecule has 0 aliphatic heterocycles. The molecule has 5 heteroatoms. The Bertz CT molecular complexity index is 435. The Morgan fingerprint density at radius 1 is 1.46 bits per heavy atom. The van der Waals surface area contributed by atoms with E-state index in [-0.39, 0.29) is 0 Å². The Balaban J connectivity index is 2.75. The van der Waals surface area contributed by atoms with Crippen LogP contribution in [0, 0.1) is 0 Å². The van der Waals surface area contributed by atoms with Crippen molar-refractivity contribution < 1.29 is 0 Å². The van der Waals surface area contributed by atoms with Crippen LogP contribution in [-0.4, -0.2) is 19.7 Å². The van der Waals surface area contributed by atoms with Gasteiger partial charge in [-0.1, -0.05) is 11.6 Å². The van der Waals surface area contributed by atoms with Crippen molar-refractivity contribution in [3.63, 3.8) is 0 Å². The molecule has 0 aliphatic rings. The van der Waals surface area contributed by atoms with Crippen molar-refractivity contribution in [3.05, 3.63) is 17.7 Å². The van der Waals surface area contributed by atoms with Crippen molar-refractivity contribution >= 4 is 22.6 Å². The molecule has 0 unspecified atom stereocenters. The summed E-state index contributed by atoms with van der Waals surface area (Å²) in [5.41, 5.74) is 1.64. The number of aromatic nitrogens is 4. The Labute approximate surface area is 80.6 Å². The molecule has 0 atom stereocenters. The van der Waals surface area contributed by atoms with Crippen molar-refractivity contribution in [1.82, 2.24) is 19.7 Å². The smallest absolute Gasteiger partial charge is 0.179 e. The summed E-state index contributed by atoms with van der Waals surface area (Å²) in [7, 11) is 0. The summed E-state index contributed by atoms with van der Waals surface area (Å²) in [6.07, 6.45) is 3.43. The Morgan fingerprint density at radius 2 is 2.23 bits per heavy atom. The molecular weight excluding hydrogens is 188 g/mol. The average molecular weight is 197 g/mol. The SMILES string of the molecule is CC(C)n1cnc2c(Cl)nncc21. The number of nitrogens with zero attached hydrogens (tertiary/aromatic N) is 4. The molecule has 0 N–H and O–H groups in total. The molecule has 0 saturated heterocycles. The van der Waals surface area contributed by atoms with Crippen molar-refractivity contribution in [3.8, 4) is 0 Å². The first-order valence-electron chi connectivity index (χ1n) is 4.04. The number of imidazole rings is 1. The largest absolute Gasteiger partial charge is 0.327 e. The Hall–Kier alpha value is -1.16. The van der Waals surface area contributed by atoms with Crippen LogP contribution in [0.25, 0.3) is 11.0 Å². The standard InChI is InChI=1S/C8H9ClN4/c1-5(2)13-4-10-7-6(13)3-11-12-8(7)9/h3-5H,1-2H3. The van der Waals surface area contributed by atoms with E-state index in [1.807, 2.05) is 4.57 Å². The molecule has 0 radical (unpaired) electrons. The van der Waals surface area contributed by atoms with Crippen molar-refractivity contribution in [1.29, 1.82) is 0 Å². The summed E-state index contributed by atoms with van der Waals surface area (Å²) in [4.78, 5) is 4.17. The van der Waals surface area contributed by atoms with Crippen LogP contribution in [0.1, 0.15) is 19.9 Å². The van der Waals surface area contributed by atoms with Gasteiger partial charge in [0, 0.05) is 6.04 Å². The highest BCUT2D eigenvalue weighted by Gasteiger charge is 2.08. The number of fused-ring (bicyclic) bond motifs is 1. The predicted molar refractivity (Wildman–Crippen MR) is 50.7 cm³/mol. The first-order valence-corrected chi connectivity index (χ1v) is 4.41. The van der Waals surface area contributed by atoms with Crippen LogP contribution >= 0.6 is 11.6 Å². The lowest BCUT2D eigenvalue weighted by atomic mass is 10.3. The van der Waals surface area contributed by atoms with Gasteiger partial charge in [-0.25, -0.2) is 4.98 Å². The highest BCUT2D eigenvalue weighted by atomic mass is 35.5. The van der Waals surface area contributed by atoms with E-state index in [0.29, 0.717) is 16.7 Å². The van der Waals surface area contributed by atoms with Gasteiger partial charge in [-0.05, 0) is 13.8 Å². The minimum absolute atomic E-state index is 0.352. The van der Waals surface area contributed by atoms with Crippen LogP contribution in [0.5, 0.6) is 0 Å². The second-order valence-corrected chi connectivity index (χ2v) is 3.47. The molecule has 0 aromatic carbocycles. The van der Waals surface area contributed by atoms with Crippen LogP contribution in [0.4, 0.5) is 0 Å². The van der Waals surface area contributed by atoms with Gasteiger partial charge in [0.1, 0.15) is 5.52 Å². The minimum atomic E-state index is 0.352. The maximum absolute atomic E-state index is 5.83. The van der Waals surface area contributed by atoms with Crippen LogP contribution in [0.3, 0.4) is 0 Å². The maximum atomic E-state index is 5.83. The molecule has 2 rings (SSSR count). The topological polar surface area (TPSA) is 43.6 Å². The molecule has 4 nitrogen and oxygen atoms in total. The summed E-state index contributed by atoms with van der Waals surface area (Å²) >= 11 is 5.83. The zero-order valence-electron chi connectivity index (χ0n) is 7.40. The summed E-state index contributed by atoms with van der Waals surface area (Å²) < 4.78 is 2.01. The maximum Gasteiger partial charge on any atom is 0.179 e. The van der Waals surface area contributed by atoms with Crippen molar-refractivity contribution in [2.24, 2.45) is 0 Å². The minimum Gasteiger partial charge on any atom is -0.327 e.